The molecule has 7 nitrogen and oxygen atoms in total. The first kappa shape index (κ1) is 20.0. The minimum Gasteiger partial charge on any atom is -0.492 e. The molecule has 0 unspecified atom stereocenters. The van der Waals surface area contributed by atoms with Crippen molar-refractivity contribution in [3.8, 4) is 5.75 Å². The Balaban J connectivity index is 1.20. The van der Waals surface area contributed by atoms with Crippen LogP contribution < -0.4 is 4.74 Å². The third kappa shape index (κ3) is 4.14. The van der Waals surface area contributed by atoms with Crippen molar-refractivity contribution in [1.82, 2.24) is 19.7 Å². The summed E-state index contributed by atoms with van der Waals surface area (Å²) in [4.78, 5) is 36.1. The molecular formula is C24H28N4O3. The van der Waals surface area contributed by atoms with Gasteiger partial charge in [-0.25, -0.2) is 0 Å². The summed E-state index contributed by atoms with van der Waals surface area (Å²) >= 11 is 0. The molecule has 0 bridgehead atoms. The topological polar surface area (TPSA) is 66.0 Å². The molecule has 2 saturated heterocycles. The largest absolute Gasteiger partial charge is 0.492 e. The lowest BCUT2D eigenvalue weighted by Crippen LogP contribution is -2.45. The number of ether oxygens (including phenoxy) is 1. The van der Waals surface area contributed by atoms with Crippen LogP contribution in [0.5, 0.6) is 5.75 Å². The van der Waals surface area contributed by atoms with Gasteiger partial charge in [-0.3, -0.25) is 19.5 Å². The van der Waals surface area contributed by atoms with Crippen molar-refractivity contribution >= 4 is 11.8 Å². The molecule has 5 rings (SSSR count). The van der Waals surface area contributed by atoms with Gasteiger partial charge in [-0.15, -0.1) is 0 Å². The van der Waals surface area contributed by atoms with Gasteiger partial charge in [0.2, 0.25) is 11.8 Å². The van der Waals surface area contributed by atoms with E-state index < -0.39 is 0 Å². The molecule has 0 N–H and O–H groups in total. The van der Waals surface area contributed by atoms with Crippen molar-refractivity contribution in [2.75, 3.05) is 32.8 Å². The minimum atomic E-state index is 0.00409. The highest BCUT2D eigenvalue weighted by atomic mass is 16.5. The zero-order valence-electron chi connectivity index (χ0n) is 17.7. The molecule has 4 heterocycles. The summed E-state index contributed by atoms with van der Waals surface area (Å²) in [5, 5.41) is 0. The van der Waals surface area contributed by atoms with E-state index in [2.05, 4.69) is 16.0 Å². The van der Waals surface area contributed by atoms with Gasteiger partial charge in [-0.05, 0) is 30.5 Å². The van der Waals surface area contributed by atoms with Crippen LogP contribution in [0.15, 0.2) is 48.8 Å². The second-order valence-electron chi connectivity index (χ2n) is 8.58. The molecule has 1 aromatic carbocycles. The van der Waals surface area contributed by atoms with Gasteiger partial charge in [0.25, 0.3) is 0 Å². The Kier molecular flexibility index (Phi) is 5.59. The van der Waals surface area contributed by atoms with Gasteiger partial charge in [-0.1, -0.05) is 24.3 Å². The first-order chi connectivity index (χ1) is 15.2. The number of aromatic nitrogens is 1. The average molecular weight is 421 g/mol. The number of rotatable bonds is 5. The molecule has 31 heavy (non-hydrogen) atoms. The Morgan fingerprint density at radius 1 is 1.13 bits per heavy atom. The van der Waals surface area contributed by atoms with Gasteiger partial charge in [0.1, 0.15) is 12.4 Å². The molecule has 162 valence electrons. The second-order valence-corrected chi connectivity index (χ2v) is 8.58. The van der Waals surface area contributed by atoms with Crippen LogP contribution in [-0.2, 0) is 22.6 Å². The lowest BCUT2D eigenvalue weighted by atomic mass is 10.1. The fourth-order valence-corrected chi connectivity index (χ4v) is 5.12. The quantitative estimate of drug-likeness (QED) is 0.737. The molecule has 0 saturated carbocycles. The number of likely N-dealkylation sites (tertiary alicyclic amines) is 2. The predicted molar refractivity (Wildman–Crippen MR) is 115 cm³/mol. The summed E-state index contributed by atoms with van der Waals surface area (Å²) < 4.78 is 5.82. The van der Waals surface area contributed by atoms with E-state index in [1.807, 2.05) is 46.3 Å². The number of para-hydroxylation sites is 1. The maximum absolute atomic E-state index is 13.2. The predicted octanol–water partition coefficient (Wildman–Crippen LogP) is 1.72. The molecule has 2 fully saturated rings. The number of fused-ring (bicyclic) bond motifs is 2. The van der Waals surface area contributed by atoms with Crippen molar-refractivity contribution in [2.24, 2.45) is 0 Å². The summed E-state index contributed by atoms with van der Waals surface area (Å²) in [6.07, 6.45) is 5.71. The summed E-state index contributed by atoms with van der Waals surface area (Å²) in [5.74, 6) is 1.19. The highest BCUT2D eigenvalue weighted by Gasteiger charge is 2.48. The van der Waals surface area contributed by atoms with E-state index in [9.17, 15) is 9.59 Å². The lowest BCUT2D eigenvalue weighted by molar-refractivity contribution is -0.133. The van der Waals surface area contributed by atoms with Gasteiger partial charge >= 0.3 is 0 Å². The Labute approximate surface area is 182 Å². The molecule has 0 radical (unpaired) electrons. The third-order valence-corrected chi connectivity index (χ3v) is 6.69. The highest BCUT2D eigenvalue weighted by molar-refractivity contribution is 5.84. The molecule has 3 aliphatic rings. The Bertz CT molecular complexity index is 951. The van der Waals surface area contributed by atoms with Crippen LogP contribution >= 0.6 is 0 Å². The zero-order chi connectivity index (χ0) is 21.2. The van der Waals surface area contributed by atoms with Gasteiger partial charge in [0.05, 0.1) is 18.6 Å². The Hall–Kier alpha value is -2.93. The average Bonchev–Trinajstić information content (AvgIpc) is 3.24. The molecule has 2 aromatic rings. The molecule has 2 amide bonds. The maximum Gasteiger partial charge on any atom is 0.237 e. The molecule has 3 aliphatic heterocycles. The fraction of sp³-hybridized carbons (Fsp3) is 0.458. The van der Waals surface area contributed by atoms with E-state index in [1.165, 1.54) is 0 Å². The van der Waals surface area contributed by atoms with Crippen LogP contribution in [0.2, 0.25) is 0 Å². The SMILES string of the molecule is O=C1C[C@H]2[C@H](CCN2C(=O)CN2CCOc3ccccc3C2)N1CCc1cccnc1. The smallest absolute Gasteiger partial charge is 0.237 e. The zero-order valence-corrected chi connectivity index (χ0v) is 17.7. The van der Waals surface area contributed by atoms with E-state index in [0.29, 0.717) is 32.7 Å². The number of carbonyl (C=O) groups is 2. The number of hydrogen-bond acceptors (Lipinski definition) is 5. The van der Waals surface area contributed by atoms with E-state index in [4.69, 9.17) is 4.74 Å². The molecule has 1 aromatic heterocycles. The molecule has 7 heteroatoms. The maximum atomic E-state index is 13.2. The molecule has 0 spiro atoms. The lowest BCUT2D eigenvalue weighted by Gasteiger charge is -2.27. The van der Waals surface area contributed by atoms with E-state index in [0.717, 1.165) is 42.8 Å². The van der Waals surface area contributed by atoms with Crippen LogP contribution in [0, 0.1) is 0 Å². The van der Waals surface area contributed by atoms with Gasteiger partial charge in [0.15, 0.2) is 0 Å². The van der Waals surface area contributed by atoms with Crippen molar-refractivity contribution in [3.05, 3.63) is 59.9 Å². The number of hydrogen-bond donors (Lipinski definition) is 0. The van der Waals surface area contributed by atoms with Crippen molar-refractivity contribution in [3.63, 3.8) is 0 Å². The molecule has 2 atom stereocenters. The number of benzene rings is 1. The van der Waals surface area contributed by atoms with Gasteiger partial charge < -0.3 is 14.5 Å². The number of carbonyl (C=O) groups excluding carboxylic acids is 2. The van der Waals surface area contributed by atoms with Crippen LogP contribution in [0.4, 0.5) is 0 Å². The van der Waals surface area contributed by atoms with Crippen molar-refractivity contribution < 1.29 is 14.3 Å². The minimum absolute atomic E-state index is 0.00409. The highest BCUT2D eigenvalue weighted by Crippen LogP contribution is 2.33. The van der Waals surface area contributed by atoms with Crippen molar-refractivity contribution in [2.45, 2.75) is 37.9 Å². The summed E-state index contributed by atoms with van der Waals surface area (Å²) in [6, 6.07) is 12.1. The van der Waals surface area contributed by atoms with E-state index in [1.54, 1.807) is 6.20 Å². The van der Waals surface area contributed by atoms with Gasteiger partial charge in [-0.2, -0.15) is 0 Å². The van der Waals surface area contributed by atoms with E-state index in [-0.39, 0.29) is 23.9 Å². The second kappa shape index (κ2) is 8.67. The van der Waals surface area contributed by atoms with Crippen LogP contribution in [0.25, 0.3) is 0 Å². The standard InChI is InChI=1S/C24H28N4O3/c29-23-14-21-20(27(23)10-7-18-4-3-9-25-15-18)8-11-28(21)24(30)17-26-12-13-31-22-6-2-1-5-19(22)16-26/h1-6,9,15,20-21H,7-8,10-14,16-17H2/t20-,21-/m0/s1. The van der Waals surface area contributed by atoms with Gasteiger partial charge in [0, 0.05) is 50.6 Å². The van der Waals surface area contributed by atoms with Crippen molar-refractivity contribution in [1.29, 1.82) is 0 Å². The molecule has 0 aliphatic carbocycles. The fourth-order valence-electron chi connectivity index (χ4n) is 5.12. The van der Waals surface area contributed by atoms with Crippen LogP contribution in [0.3, 0.4) is 0 Å². The number of nitrogens with zero attached hydrogens (tertiary/aromatic N) is 4. The van der Waals surface area contributed by atoms with E-state index >= 15 is 0 Å². The first-order valence-corrected chi connectivity index (χ1v) is 11.1. The third-order valence-electron chi connectivity index (χ3n) is 6.69. The first-order valence-electron chi connectivity index (χ1n) is 11.1. The summed E-state index contributed by atoms with van der Waals surface area (Å²) in [5.41, 5.74) is 2.25. The monoisotopic (exact) mass is 420 g/mol. The number of pyridine rings is 1. The number of amides is 2. The summed E-state index contributed by atoms with van der Waals surface area (Å²) in [7, 11) is 0. The Morgan fingerprint density at radius 2 is 2.03 bits per heavy atom. The summed E-state index contributed by atoms with van der Waals surface area (Å²) in [6.45, 7) is 3.79. The van der Waals surface area contributed by atoms with Crippen LogP contribution in [-0.4, -0.2) is 76.4 Å². The normalized spacial score (nSPS) is 23.3. The van der Waals surface area contributed by atoms with Crippen LogP contribution in [0.1, 0.15) is 24.0 Å². The Morgan fingerprint density at radius 3 is 2.90 bits per heavy atom. The molecular weight excluding hydrogens is 392 g/mol.